The molecule has 0 unspecified atom stereocenters. The second kappa shape index (κ2) is 5.13. The van der Waals surface area contributed by atoms with Crippen molar-refractivity contribution in [1.29, 1.82) is 0 Å². The van der Waals surface area contributed by atoms with E-state index >= 15 is 0 Å². The highest BCUT2D eigenvalue weighted by atomic mass is 16.1. The fraction of sp³-hybridized carbons (Fsp3) is 0.235. The number of hydrogen-bond acceptors (Lipinski definition) is 3. The highest BCUT2D eigenvalue weighted by Gasteiger charge is 2.14. The van der Waals surface area contributed by atoms with Crippen LogP contribution in [0.15, 0.2) is 36.4 Å². The number of aryl methyl sites for hydroxylation is 3. The van der Waals surface area contributed by atoms with Crippen LogP contribution in [0, 0.1) is 13.8 Å². The van der Waals surface area contributed by atoms with Gasteiger partial charge in [-0.25, -0.2) is 0 Å². The minimum absolute atomic E-state index is 0.0763. The van der Waals surface area contributed by atoms with Gasteiger partial charge in [-0.3, -0.25) is 14.5 Å². The van der Waals surface area contributed by atoms with Gasteiger partial charge in [-0.2, -0.15) is 5.10 Å². The Bertz CT molecular complexity index is 813. The first-order valence-corrected chi connectivity index (χ1v) is 6.93. The van der Waals surface area contributed by atoms with Crippen LogP contribution in [-0.4, -0.2) is 20.5 Å². The molecule has 4 heteroatoms. The number of Topliss-reactive ketones (excluding diaryl/α,β-unsaturated/α-hetero) is 1. The summed E-state index contributed by atoms with van der Waals surface area (Å²) in [5.41, 5.74) is 4.30. The topological polar surface area (TPSA) is 47.8 Å². The molecule has 0 bridgehead atoms. The van der Waals surface area contributed by atoms with E-state index in [1.54, 1.807) is 0 Å². The van der Waals surface area contributed by atoms with Gasteiger partial charge in [0.05, 0.1) is 17.6 Å². The Labute approximate surface area is 123 Å². The van der Waals surface area contributed by atoms with Crippen LogP contribution in [0.1, 0.15) is 27.4 Å². The molecule has 2 heterocycles. The summed E-state index contributed by atoms with van der Waals surface area (Å²) in [5, 5.41) is 5.52. The molecule has 2 aromatic heterocycles. The number of carbonyl (C=O) groups is 1. The van der Waals surface area contributed by atoms with Crippen LogP contribution in [0.3, 0.4) is 0 Å². The van der Waals surface area contributed by atoms with E-state index in [9.17, 15) is 4.79 Å². The molecule has 0 fully saturated rings. The average molecular weight is 279 g/mol. The predicted octanol–water partition coefficient (Wildman–Crippen LogP) is 3.01. The van der Waals surface area contributed by atoms with Gasteiger partial charge in [0.15, 0.2) is 5.78 Å². The molecule has 0 saturated heterocycles. The lowest BCUT2D eigenvalue weighted by atomic mass is 10.0. The molecule has 0 amide bonds. The van der Waals surface area contributed by atoms with Gasteiger partial charge >= 0.3 is 0 Å². The molecule has 0 aliphatic rings. The zero-order valence-corrected chi connectivity index (χ0v) is 12.4. The molecule has 106 valence electrons. The van der Waals surface area contributed by atoms with Crippen molar-refractivity contribution in [2.45, 2.75) is 20.3 Å². The maximum absolute atomic E-state index is 12.5. The number of ketones is 1. The number of carbonyl (C=O) groups excluding carboxylic acids is 1. The van der Waals surface area contributed by atoms with Crippen LogP contribution < -0.4 is 0 Å². The van der Waals surface area contributed by atoms with Crippen molar-refractivity contribution in [3.05, 3.63) is 59.0 Å². The van der Waals surface area contributed by atoms with Crippen LogP contribution in [0.2, 0.25) is 0 Å². The molecular formula is C17H17N3O. The Morgan fingerprint density at radius 1 is 1.14 bits per heavy atom. The number of aromatic nitrogens is 3. The van der Waals surface area contributed by atoms with E-state index in [1.807, 2.05) is 62.0 Å². The molecule has 0 aliphatic heterocycles. The molecule has 1 aromatic carbocycles. The molecular weight excluding hydrogens is 262 g/mol. The van der Waals surface area contributed by atoms with E-state index in [0.717, 1.165) is 28.0 Å². The summed E-state index contributed by atoms with van der Waals surface area (Å²) >= 11 is 0. The molecule has 0 aliphatic carbocycles. The highest BCUT2D eigenvalue weighted by molar-refractivity contribution is 5.99. The molecule has 4 nitrogen and oxygen atoms in total. The number of hydrogen-bond donors (Lipinski definition) is 0. The lowest BCUT2D eigenvalue weighted by molar-refractivity contribution is 0.0992. The van der Waals surface area contributed by atoms with Crippen molar-refractivity contribution in [1.82, 2.24) is 14.8 Å². The second-order valence-corrected chi connectivity index (χ2v) is 5.33. The maximum atomic E-state index is 12.5. The Kier molecular flexibility index (Phi) is 3.29. The first kappa shape index (κ1) is 13.5. The summed E-state index contributed by atoms with van der Waals surface area (Å²) in [6, 6.07) is 11.6. The first-order chi connectivity index (χ1) is 10.0. The molecule has 0 N–H and O–H groups in total. The van der Waals surface area contributed by atoms with Crippen LogP contribution in [0.5, 0.6) is 0 Å². The Hall–Kier alpha value is -2.49. The summed E-state index contributed by atoms with van der Waals surface area (Å²) in [6.45, 7) is 3.81. The van der Waals surface area contributed by atoms with Crippen molar-refractivity contribution in [3.8, 4) is 0 Å². The monoisotopic (exact) mass is 279 g/mol. The normalized spacial score (nSPS) is 11.0. The van der Waals surface area contributed by atoms with Crippen molar-refractivity contribution in [3.63, 3.8) is 0 Å². The van der Waals surface area contributed by atoms with E-state index in [0.29, 0.717) is 12.0 Å². The number of nitrogens with zero attached hydrogens (tertiary/aromatic N) is 3. The Morgan fingerprint density at radius 3 is 2.52 bits per heavy atom. The third kappa shape index (κ3) is 2.57. The zero-order valence-electron chi connectivity index (χ0n) is 12.4. The molecule has 3 rings (SSSR count). The Morgan fingerprint density at radius 2 is 1.81 bits per heavy atom. The molecule has 21 heavy (non-hydrogen) atoms. The largest absolute Gasteiger partial charge is 0.294 e. The average Bonchev–Trinajstić information content (AvgIpc) is 2.75. The van der Waals surface area contributed by atoms with E-state index in [2.05, 4.69) is 10.1 Å². The number of benzene rings is 1. The molecule has 3 aromatic rings. The summed E-state index contributed by atoms with van der Waals surface area (Å²) in [7, 11) is 1.90. The van der Waals surface area contributed by atoms with Crippen molar-refractivity contribution in [2.24, 2.45) is 7.05 Å². The van der Waals surface area contributed by atoms with Gasteiger partial charge < -0.3 is 0 Å². The number of pyridine rings is 1. The Balaban J connectivity index is 1.96. The lowest BCUT2D eigenvalue weighted by Gasteiger charge is -2.03. The van der Waals surface area contributed by atoms with Gasteiger partial charge in [0.25, 0.3) is 0 Å². The SMILES string of the molecule is Cc1cc(C(=O)Cc2nn(C)c3ccccc23)cc(C)n1. The van der Waals surface area contributed by atoms with Crippen molar-refractivity contribution < 1.29 is 4.79 Å². The van der Waals surface area contributed by atoms with E-state index in [1.165, 1.54) is 0 Å². The number of fused-ring (bicyclic) bond motifs is 1. The fourth-order valence-corrected chi connectivity index (χ4v) is 2.67. The van der Waals surface area contributed by atoms with Crippen LogP contribution in [0.4, 0.5) is 0 Å². The molecule has 0 radical (unpaired) electrons. The van der Waals surface area contributed by atoms with Gasteiger partial charge in [-0.1, -0.05) is 18.2 Å². The minimum atomic E-state index is 0.0763. The third-order valence-electron chi connectivity index (χ3n) is 3.57. The summed E-state index contributed by atoms with van der Waals surface area (Å²) < 4.78 is 1.82. The highest BCUT2D eigenvalue weighted by Crippen LogP contribution is 2.19. The third-order valence-corrected chi connectivity index (χ3v) is 3.57. The number of para-hydroxylation sites is 1. The van der Waals surface area contributed by atoms with Gasteiger partial charge in [0.1, 0.15) is 0 Å². The maximum Gasteiger partial charge on any atom is 0.169 e. The minimum Gasteiger partial charge on any atom is -0.294 e. The zero-order chi connectivity index (χ0) is 15.0. The smallest absolute Gasteiger partial charge is 0.169 e. The quantitative estimate of drug-likeness (QED) is 0.692. The van der Waals surface area contributed by atoms with Crippen molar-refractivity contribution in [2.75, 3.05) is 0 Å². The van der Waals surface area contributed by atoms with Gasteiger partial charge in [-0.05, 0) is 32.0 Å². The van der Waals surface area contributed by atoms with Crippen LogP contribution >= 0.6 is 0 Å². The first-order valence-electron chi connectivity index (χ1n) is 6.93. The number of rotatable bonds is 3. The molecule has 0 saturated carbocycles. The summed E-state index contributed by atoms with van der Waals surface area (Å²) in [5.74, 6) is 0.0763. The van der Waals surface area contributed by atoms with Crippen LogP contribution in [0.25, 0.3) is 10.9 Å². The summed E-state index contributed by atoms with van der Waals surface area (Å²) in [6.07, 6.45) is 0.310. The second-order valence-electron chi connectivity index (χ2n) is 5.33. The standard InChI is InChI=1S/C17H17N3O/c1-11-8-13(9-12(2)18-11)17(21)10-15-14-6-4-5-7-16(14)20(3)19-15/h4-9H,10H2,1-3H3. The van der Waals surface area contributed by atoms with E-state index in [-0.39, 0.29) is 5.78 Å². The van der Waals surface area contributed by atoms with Gasteiger partial charge in [0.2, 0.25) is 0 Å². The molecule has 0 spiro atoms. The predicted molar refractivity (Wildman–Crippen MR) is 82.5 cm³/mol. The van der Waals surface area contributed by atoms with Gasteiger partial charge in [-0.15, -0.1) is 0 Å². The van der Waals surface area contributed by atoms with E-state index < -0.39 is 0 Å². The molecule has 0 atom stereocenters. The van der Waals surface area contributed by atoms with Crippen LogP contribution in [-0.2, 0) is 13.5 Å². The van der Waals surface area contributed by atoms with Gasteiger partial charge in [0, 0.05) is 29.4 Å². The van der Waals surface area contributed by atoms with E-state index in [4.69, 9.17) is 0 Å². The fourth-order valence-electron chi connectivity index (χ4n) is 2.67. The summed E-state index contributed by atoms with van der Waals surface area (Å²) in [4.78, 5) is 16.8. The lowest BCUT2D eigenvalue weighted by Crippen LogP contribution is -2.06. The van der Waals surface area contributed by atoms with Crippen molar-refractivity contribution >= 4 is 16.7 Å².